The Kier molecular flexibility index (Phi) is 3.47. The van der Waals surface area contributed by atoms with Crippen molar-refractivity contribution in [3.8, 4) is 0 Å². The van der Waals surface area contributed by atoms with Crippen molar-refractivity contribution in [3.63, 3.8) is 0 Å². The van der Waals surface area contributed by atoms with Gasteiger partial charge in [-0.2, -0.15) is 0 Å². The van der Waals surface area contributed by atoms with E-state index in [1.54, 1.807) is 0 Å². The summed E-state index contributed by atoms with van der Waals surface area (Å²) in [5.41, 5.74) is 7.94. The minimum Gasteiger partial charge on any atom is -0.330 e. The van der Waals surface area contributed by atoms with Crippen LogP contribution >= 0.6 is 0 Å². The molecule has 15 heavy (non-hydrogen) atoms. The van der Waals surface area contributed by atoms with E-state index < -0.39 is 0 Å². The summed E-state index contributed by atoms with van der Waals surface area (Å²) >= 11 is 0. The highest BCUT2D eigenvalue weighted by molar-refractivity contribution is 5.04. The van der Waals surface area contributed by atoms with Crippen molar-refractivity contribution < 1.29 is 0 Å². The van der Waals surface area contributed by atoms with Crippen molar-refractivity contribution in [1.82, 2.24) is 4.90 Å². The molecule has 0 radical (unpaired) electrons. The summed E-state index contributed by atoms with van der Waals surface area (Å²) in [5, 5.41) is 0. The molecule has 0 saturated heterocycles. The fourth-order valence-corrected chi connectivity index (χ4v) is 2.81. The summed E-state index contributed by atoms with van der Waals surface area (Å²) in [6.07, 6.45) is 9.06. The SMILES string of the molecule is CC1=CCCN(CCC2(CN)CCC2)C1. The van der Waals surface area contributed by atoms with Gasteiger partial charge >= 0.3 is 0 Å². The normalized spacial score (nSPS) is 25.9. The van der Waals surface area contributed by atoms with Gasteiger partial charge in [-0.15, -0.1) is 0 Å². The summed E-state index contributed by atoms with van der Waals surface area (Å²) in [7, 11) is 0. The Bertz CT molecular complexity index is 235. The van der Waals surface area contributed by atoms with Crippen LogP contribution in [0, 0.1) is 5.41 Å². The smallest absolute Gasteiger partial charge is 0.0190 e. The molecule has 0 aromatic rings. The molecule has 2 rings (SSSR count). The van der Waals surface area contributed by atoms with Crippen LogP contribution in [0.3, 0.4) is 0 Å². The molecule has 1 saturated carbocycles. The molecular formula is C13H24N2. The van der Waals surface area contributed by atoms with Crippen LogP contribution in [0.25, 0.3) is 0 Å². The average molecular weight is 208 g/mol. The fraction of sp³-hybridized carbons (Fsp3) is 0.846. The van der Waals surface area contributed by atoms with Crippen molar-refractivity contribution in [3.05, 3.63) is 11.6 Å². The lowest BCUT2D eigenvalue weighted by atomic mass is 9.66. The molecule has 2 N–H and O–H groups in total. The number of hydrogen-bond acceptors (Lipinski definition) is 2. The molecule has 0 spiro atoms. The Morgan fingerprint density at radius 2 is 2.27 bits per heavy atom. The second kappa shape index (κ2) is 4.67. The second-order valence-corrected chi connectivity index (χ2v) is 5.42. The van der Waals surface area contributed by atoms with Crippen molar-refractivity contribution in [2.75, 3.05) is 26.2 Å². The van der Waals surface area contributed by atoms with Crippen LogP contribution in [-0.2, 0) is 0 Å². The van der Waals surface area contributed by atoms with Crippen LogP contribution in [-0.4, -0.2) is 31.1 Å². The van der Waals surface area contributed by atoms with E-state index in [-0.39, 0.29) is 0 Å². The van der Waals surface area contributed by atoms with Gasteiger partial charge in [0.1, 0.15) is 0 Å². The van der Waals surface area contributed by atoms with Gasteiger partial charge in [0, 0.05) is 13.1 Å². The largest absolute Gasteiger partial charge is 0.330 e. The fourth-order valence-electron chi connectivity index (χ4n) is 2.81. The molecule has 1 aliphatic heterocycles. The molecule has 1 heterocycles. The minimum atomic E-state index is 0.523. The van der Waals surface area contributed by atoms with Gasteiger partial charge in [0.25, 0.3) is 0 Å². The molecule has 2 heteroatoms. The topological polar surface area (TPSA) is 29.3 Å². The summed E-state index contributed by atoms with van der Waals surface area (Å²) in [4.78, 5) is 2.59. The maximum Gasteiger partial charge on any atom is 0.0190 e. The monoisotopic (exact) mass is 208 g/mol. The van der Waals surface area contributed by atoms with Gasteiger partial charge in [-0.05, 0) is 51.1 Å². The quantitative estimate of drug-likeness (QED) is 0.717. The van der Waals surface area contributed by atoms with Gasteiger partial charge in [0.05, 0.1) is 0 Å². The molecule has 0 unspecified atom stereocenters. The van der Waals surface area contributed by atoms with Crippen molar-refractivity contribution in [1.29, 1.82) is 0 Å². The van der Waals surface area contributed by atoms with E-state index in [1.807, 2.05) is 0 Å². The van der Waals surface area contributed by atoms with Gasteiger partial charge in [-0.1, -0.05) is 18.1 Å². The summed E-state index contributed by atoms with van der Waals surface area (Å²) in [6, 6.07) is 0. The van der Waals surface area contributed by atoms with Gasteiger partial charge in [0.2, 0.25) is 0 Å². The van der Waals surface area contributed by atoms with Gasteiger partial charge < -0.3 is 5.73 Å². The Balaban J connectivity index is 1.75. The van der Waals surface area contributed by atoms with Crippen LogP contribution in [0.1, 0.15) is 39.0 Å². The third-order valence-electron chi connectivity index (χ3n) is 4.22. The first kappa shape index (κ1) is 11.2. The van der Waals surface area contributed by atoms with Crippen LogP contribution in [0.2, 0.25) is 0 Å². The zero-order valence-corrected chi connectivity index (χ0v) is 9.97. The van der Waals surface area contributed by atoms with Crippen LogP contribution in [0.5, 0.6) is 0 Å². The zero-order valence-electron chi connectivity index (χ0n) is 9.97. The van der Waals surface area contributed by atoms with Crippen LogP contribution in [0.4, 0.5) is 0 Å². The maximum absolute atomic E-state index is 5.88. The summed E-state index contributed by atoms with van der Waals surface area (Å²) < 4.78 is 0. The molecule has 0 bridgehead atoms. The van der Waals surface area contributed by atoms with E-state index in [4.69, 9.17) is 5.73 Å². The third kappa shape index (κ3) is 2.61. The standard InChI is InChI=1S/C13H24N2/c1-12-4-2-8-15(10-12)9-7-13(11-14)5-3-6-13/h4H,2-3,5-11,14H2,1H3. The Hall–Kier alpha value is -0.340. The van der Waals surface area contributed by atoms with Crippen molar-refractivity contribution in [2.45, 2.75) is 39.0 Å². The first-order valence-electron chi connectivity index (χ1n) is 6.32. The van der Waals surface area contributed by atoms with Crippen molar-refractivity contribution in [2.24, 2.45) is 11.1 Å². The molecule has 86 valence electrons. The predicted octanol–water partition coefficient (Wildman–Crippen LogP) is 2.16. The lowest BCUT2D eigenvalue weighted by Crippen LogP contribution is -2.41. The highest BCUT2D eigenvalue weighted by atomic mass is 15.1. The third-order valence-corrected chi connectivity index (χ3v) is 4.22. The number of rotatable bonds is 4. The molecule has 1 aliphatic carbocycles. The number of hydrogen-bond donors (Lipinski definition) is 1. The number of nitrogens with zero attached hydrogens (tertiary/aromatic N) is 1. The van der Waals surface area contributed by atoms with Crippen molar-refractivity contribution >= 4 is 0 Å². The van der Waals surface area contributed by atoms with E-state index in [0.29, 0.717) is 5.41 Å². The predicted molar refractivity (Wildman–Crippen MR) is 64.8 cm³/mol. The first-order valence-corrected chi connectivity index (χ1v) is 6.32. The summed E-state index contributed by atoms with van der Waals surface area (Å²) in [6.45, 7) is 6.82. The Labute approximate surface area is 93.5 Å². The van der Waals surface area contributed by atoms with E-state index in [2.05, 4.69) is 17.9 Å². The van der Waals surface area contributed by atoms with E-state index in [1.165, 1.54) is 57.3 Å². The molecule has 0 aromatic carbocycles. The molecule has 0 atom stereocenters. The average Bonchev–Trinajstić information content (AvgIpc) is 2.17. The lowest BCUT2D eigenvalue weighted by molar-refractivity contribution is 0.107. The zero-order chi connectivity index (χ0) is 10.7. The molecule has 0 aromatic heterocycles. The van der Waals surface area contributed by atoms with E-state index in [0.717, 1.165) is 6.54 Å². The van der Waals surface area contributed by atoms with Crippen LogP contribution in [0.15, 0.2) is 11.6 Å². The molecular weight excluding hydrogens is 184 g/mol. The maximum atomic E-state index is 5.88. The highest BCUT2D eigenvalue weighted by Crippen LogP contribution is 2.43. The molecule has 0 amide bonds. The van der Waals surface area contributed by atoms with Crippen LogP contribution < -0.4 is 5.73 Å². The molecule has 2 aliphatic rings. The second-order valence-electron chi connectivity index (χ2n) is 5.42. The lowest BCUT2D eigenvalue weighted by Gasteiger charge is -2.42. The molecule has 2 nitrogen and oxygen atoms in total. The first-order chi connectivity index (χ1) is 7.24. The van der Waals surface area contributed by atoms with E-state index >= 15 is 0 Å². The molecule has 1 fully saturated rings. The van der Waals surface area contributed by atoms with E-state index in [9.17, 15) is 0 Å². The number of nitrogens with two attached hydrogens (primary N) is 1. The minimum absolute atomic E-state index is 0.523. The van der Waals surface area contributed by atoms with Gasteiger partial charge in [-0.3, -0.25) is 4.90 Å². The summed E-state index contributed by atoms with van der Waals surface area (Å²) in [5.74, 6) is 0. The Morgan fingerprint density at radius 3 is 2.80 bits per heavy atom. The van der Waals surface area contributed by atoms with Gasteiger partial charge in [-0.25, -0.2) is 0 Å². The highest BCUT2D eigenvalue weighted by Gasteiger charge is 2.35. The Morgan fingerprint density at radius 1 is 1.47 bits per heavy atom. The van der Waals surface area contributed by atoms with Gasteiger partial charge in [0.15, 0.2) is 0 Å².